The number of nitriles is 1. The number of aryl methyl sites for hydroxylation is 2. The quantitative estimate of drug-likeness (QED) is 0.835. The third kappa shape index (κ3) is 2.14. The highest BCUT2D eigenvalue weighted by Gasteiger charge is 2.26. The first-order valence-corrected chi connectivity index (χ1v) is 7.40. The van der Waals surface area contributed by atoms with E-state index < -0.39 is 16.1 Å². The minimum absolute atomic E-state index is 0.285. The largest absolute Gasteiger partial charge is 0.244 e. The molecule has 1 aromatic carbocycles. The van der Waals surface area contributed by atoms with Gasteiger partial charge in [0.25, 0.3) is 0 Å². The van der Waals surface area contributed by atoms with Crippen LogP contribution in [0.5, 0.6) is 0 Å². The third-order valence-corrected chi connectivity index (χ3v) is 5.40. The van der Waals surface area contributed by atoms with Crippen molar-refractivity contribution in [2.75, 3.05) is 7.05 Å². The van der Waals surface area contributed by atoms with Crippen LogP contribution in [-0.2, 0) is 22.9 Å². The van der Waals surface area contributed by atoms with Crippen molar-refractivity contribution in [3.05, 3.63) is 29.3 Å². The summed E-state index contributed by atoms with van der Waals surface area (Å²) in [6, 6.07) is 6.55. The lowest BCUT2D eigenvalue weighted by molar-refractivity contribution is 0.442. The number of hydrogen-bond donors (Lipinski definition) is 0. The summed E-state index contributed by atoms with van der Waals surface area (Å²) in [7, 11) is -2.12. The first-order chi connectivity index (χ1) is 8.46. The van der Waals surface area contributed by atoms with Gasteiger partial charge in [0.1, 0.15) is 6.04 Å². The van der Waals surface area contributed by atoms with Gasteiger partial charge in [-0.3, -0.25) is 0 Å². The van der Waals surface area contributed by atoms with Crippen molar-refractivity contribution in [3.63, 3.8) is 0 Å². The molecule has 0 amide bonds. The van der Waals surface area contributed by atoms with Crippen molar-refractivity contribution < 1.29 is 8.42 Å². The lowest BCUT2D eigenvalue weighted by atomic mass is 10.1. The molecule has 0 saturated heterocycles. The van der Waals surface area contributed by atoms with E-state index in [0.29, 0.717) is 0 Å². The SMILES string of the molecule is CC(C#N)N(C)S(=O)(=O)c1ccc2c(c1)CCC2. The molecule has 96 valence electrons. The lowest BCUT2D eigenvalue weighted by Crippen LogP contribution is -2.34. The average molecular weight is 264 g/mol. The molecule has 0 bridgehead atoms. The molecule has 2 rings (SSSR count). The number of hydrogen-bond acceptors (Lipinski definition) is 3. The Labute approximate surface area is 108 Å². The van der Waals surface area contributed by atoms with E-state index in [1.54, 1.807) is 19.1 Å². The van der Waals surface area contributed by atoms with E-state index in [-0.39, 0.29) is 4.90 Å². The van der Waals surface area contributed by atoms with Crippen molar-refractivity contribution in [1.82, 2.24) is 4.31 Å². The highest BCUT2D eigenvalue weighted by atomic mass is 32.2. The first kappa shape index (κ1) is 13.1. The zero-order valence-electron chi connectivity index (χ0n) is 10.5. The summed E-state index contributed by atoms with van der Waals surface area (Å²) in [5.74, 6) is 0. The molecule has 0 heterocycles. The number of nitrogens with zero attached hydrogens (tertiary/aromatic N) is 2. The number of rotatable bonds is 3. The summed E-state index contributed by atoms with van der Waals surface area (Å²) in [6.07, 6.45) is 3.06. The molecule has 0 fully saturated rings. The van der Waals surface area contributed by atoms with Gasteiger partial charge in [-0.2, -0.15) is 9.57 Å². The summed E-state index contributed by atoms with van der Waals surface area (Å²) in [6.45, 7) is 1.57. The van der Waals surface area contributed by atoms with Gasteiger partial charge in [0.15, 0.2) is 0 Å². The third-order valence-electron chi connectivity index (χ3n) is 3.48. The summed E-state index contributed by atoms with van der Waals surface area (Å²) < 4.78 is 25.7. The van der Waals surface area contributed by atoms with E-state index in [1.165, 1.54) is 12.6 Å². The summed E-state index contributed by atoms with van der Waals surface area (Å²) in [4.78, 5) is 0.285. The summed E-state index contributed by atoms with van der Waals surface area (Å²) >= 11 is 0. The van der Waals surface area contributed by atoms with Crippen molar-refractivity contribution >= 4 is 10.0 Å². The second kappa shape index (κ2) is 4.71. The van der Waals surface area contributed by atoms with E-state index in [4.69, 9.17) is 5.26 Å². The molecule has 4 nitrogen and oxygen atoms in total. The maximum absolute atomic E-state index is 12.3. The van der Waals surface area contributed by atoms with E-state index in [9.17, 15) is 8.42 Å². The lowest BCUT2D eigenvalue weighted by Gasteiger charge is -2.19. The number of benzene rings is 1. The second-order valence-electron chi connectivity index (χ2n) is 4.61. The van der Waals surface area contributed by atoms with Gasteiger partial charge < -0.3 is 0 Å². The molecule has 0 saturated carbocycles. The van der Waals surface area contributed by atoms with Gasteiger partial charge >= 0.3 is 0 Å². The molecule has 0 aromatic heterocycles. The Morgan fingerprint density at radius 1 is 1.33 bits per heavy atom. The van der Waals surface area contributed by atoms with Crippen molar-refractivity contribution in [2.45, 2.75) is 37.1 Å². The van der Waals surface area contributed by atoms with Crippen LogP contribution in [0.4, 0.5) is 0 Å². The van der Waals surface area contributed by atoms with Crippen LogP contribution in [0.25, 0.3) is 0 Å². The molecule has 0 spiro atoms. The van der Waals surface area contributed by atoms with Crippen LogP contribution >= 0.6 is 0 Å². The molecule has 0 radical (unpaired) electrons. The first-order valence-electron chi connectivity index (χ1n) is 5.96. The maximum atomic E-state index is 12.3. The Morgan fingerprint density at radius 3 is 2.67 bits per heavy atom. The van der Waals surface area contributed by atoms with Gasteiger partial charge in [0, 0.05) is 7.05 Å². The van der Waals surface area contributed by atoms with Gasteiger partial charge in [-0.15, -0.1) is 0 Å². The Morgan fingerprint density at radius 2 is 2.00 bits per heavy atom. The van der Waals surface area contributed by atoms with Crippen LogP contribution in [0.2, 0.25) is 0 Å². The Balaban J connectivity index is 2.40. The van der Waals surface area contributed by atoms with Gasteiger partial charge in [-0.05, 0) is 49.4 Å². The highest BCUT2D eigenvalue weighted by Crippen LogP contribution is 2.26. The zero-order valence-corrected chi connectivity index (χ0v) is 11.4. The molecule has 1 aliphatic rings. The number of fused-ring (bicyclic) bond motifs is 1. The topological polar surface area (TPSA) is 61.2 Å². The molecule has 1 atom stereocenters. The highest BCUT2D eigenvalue weighted by molar-refractivity contribution is 7.89. The predicted octanol–water partition coefficient (Wildman–Crippen LogP) is 1.71. The van der Waals surface area contributed by atoms with Crippen LogP contribution in [0.3, 0.4) is 0 Å². The van der Waals surface area contributed by atoms with Crippen LogP contribution in [-0.4, -0.2) is 25.8 Å². The fraction of sp³-hybridized carbons (Fsp3) is 0.462. The molecular formula is C13H16N2O2S. The fourth-order valence-electron chi connectivity index (χ4n) is 2.16. The molecule has 1 aromatic rings. The molecular weight excluding hydrogens is 248 g/mol. The smallest absolute Gasteiger partial charge is 0.207 e. The molecule has 0 aliphatic heterocycles. The minimum atomic E-state index is -3.56. The Hall–Kier alpha value is -1.38. The maximum Gasteiger partial charge on any atom is 0.244 e. The van der Waals surface area contributed by atoms with Crippen molar-refractivity contribution in [3.8, 4) is 6.07 Å². The van der Waals surface area contributed by atoms with E-state index >= 15 is 0 Å². The second-order valence-corrected chi connectivity index (χ2v) is 6.61. The van der Waals surface area contributed by atoms with E-state index in [1.807, 2.05) is 12.1 Å². The van der Waals surface area contributed by atoms with Gasteiger partial charge in [-0.25, -0.2) is 8.42 Å². The van der Waals surface area contributed by atoms with Crippen LogP contribution in [0.15, 0.2) is 23.1 Å². The summed E-state index contributed by atoms with van der Waals surface area (Å²) in [5.41, 5.74) is 2.36. The molecule has 1 unspecified atom stereocenters. The molecule has 5 heteroatoms. The zero-order chi connectivity index (χ0) is 13.3. The van der Waals surface area contributed by atoms with Crippen molar-refractivity contribution in [2.24, 2.45) is 0 Å². The average Bonchev–Trinajstić information content (AvgIpc) is 2.83. The minimum Gasteiger partial charge on any atom is -0.207 e. The fourth-order valence-corrected chi connectivity index (χ4v) is 3.49. The standard InChI is InChI=1S/C13H16N2O2S/c1-10(9-14)15(2)18(16,17)13-7-6-11-4-3-5-12(11)8-13/h6-8,10H,3-5H2,1-2H3. The Bertz CT molecular complexity index is 602. The predicted molar refractivity (Wildman–Crippen MR) is 68.5 cm³/mol. The molecule has 18 heavy (non-hydrogen) atoms. The van der Waals surface area contributed by atoms with Crippen LogP contribution < -0.4 is 0 Å². The van der Waals surface area contributed by atoms with Crippen LogP contribution in [0.1, 0.15) is 24.5 Å². The van der Waals surface area contributed by atoms with Crippen LogP contribution in [0, 0.1) is 11.3 Å². The van der Waals surface area contributed by atoms with Crippen molar-refractivity contribution in [1.29, 1.82) is 5.26 Å². The molecule has 1 aliphatic carbocycles. The Kier molecular flexibility index (Phi) is 3.42. The summed E-state index contributed by atoms with van der Waals surface area (Å²) in [5, 5.41) is 8.81. The normalized spacial score (nSPS) is 16.3. The van der Waals surface area contributed by atoms with Gasteiger partial charge in [0.2, 0.25) is 10.0 Å². The number of sulfonamides is 1. The van der Waals surface area contributed by atoms with Gasteiger partial charge in [0.05, 0.1) is 11.0 Å². The van der Waals surface area contributed by atoms with E-state index in [0.717, 1.165) is 29.1 Å². The monoisotopic (exact) mass is 264 g/mol. The van der Waals surface area contributed by atoms with E-state index in [2.05, 4.69) is 0 Å². The van der Waals surface area contributed by atoms with Gasteiger partial charge in [-0.1, -0.05) is 6.07 Å². The molecule has 0 N–H and O–H groups in total.